The van der Waals surface area contributed by atoms with Crippen LogP contribution >= 0.6 is 11.6 Å². The van der Waals surface area contributed by atoms with Crippen molar-refractivity contribution in [2.24, 2.45) is 0 Å². The molecule has 5 nitrogen and oxygen atoms in total. The second-order valence-electron chi connectivity index (χ2n) is 6.18. The molecule has 132 valence electrons. The number of hydrogen-bond donors (Lipinski definition) is 0. The molecule has 0 aliphatic carbocycles. The summed E-state index contributed by atoms with van der Waals surface area (Å²) >= 11 is 6.15. The van der Waals surface area contributed by atoms with E-state index in [1.807, 2.05) is 18.2 Å². The average molecular weight is 379 g/mol. The molecule has 25 heavy (non-hydrogen) atoms. The van der Waals surface area contributed by atoms with Crippen LogP contribution in [0, 0.1) is 0 Å². The Hall–Kier alpha value is -2.05. The Labute approximate surface area is 152 Å². The van der Waals surface area contributed by atoms with Gasteiger partial charge in [-0.15, -0.1) is 0 Å². The van der Waals surface area contributed by atoms with E-state index in [-0.39, 0.29) is 5.91 Å². The van der Waals surface area contributed by atoms with Crippen LogP contribution in [-0.4, -0.2) is 39.1 Å². The van der Waals surface area contributed by atoms with Gasteiger partial charge in [-0.3, -0.25) is 9.10 Å². The SMILES string of the molecule is CN(Cc1ccccc1Cl)C(=O)c1ccc2c(c1)CCN2S(C)(=O)=O. The van der Waals surface area contributed by atoms with Crippen molar-refractivity contribution in [1.82, 2.24) is 4.90 Å². The van der Waals surface area contributed by atoms with E-state index in [4.69, 9.17) is 11.6 Å². The lowest BCUT2D eigenvalue weighted by atomic mass is 10.1. The van der Waals surface area contributed by atoms with Crippen molar-refractivity contribution >= 4 is 33.2 Å². The predicted molar refractivity (Wildman–Crippen MR) is 99.6 cm³/mol. The van der Waals surface area contributed by atoms with Gasteiger partial charge in [0.15, 0.2) is 0 Å². The summed E-state index contributed by atoms with van der Waals surface area (Å²) in [6.07, 6.45) is 1.80. The maximum Gasteiger partial charge on any atom is 0.253 e. The Balaban J connectivity index is 1.81. The third kappa shape index (κ3) is 3.65. The number of anilines is 1. The van der Waals surface area contributed by atoms with E-state index in [1.165, 1.54) is 10.6 Å². The number of hydrogen-bond acceptors (Lipinski definition) is 3. The van der Waals surface area contributed by atoms with Gasteiger partial charge in [-0.05, 0) is 41.8 Å². The molecule has 0 atom stereocenters. The molecule has 0 saturated carbocycles. The fourth-order valence-corrected chi connectivity index (χ4v) is 4.18. The molecule has 0 bridgehead atoms. The highest BCUT2D eigenvalue weighted by Gasteiger charge is 2.27. The quantitative estimate of drug-likeness (QED) is 0.821. The van der Waals surface area contributed by atoms with Crippen molar-refractivity contribution in [2.45, 2.75) is 13.0 Å². The molecule has 0 fully saturated rings. The number of nitrogens with zero attached hydrogens (tertiary/aromatic N) is 2. The number of sulfonamides is 1. The zero-order valence-corrected chi connectivity index (χ0v) is 15.6. The van der Waals surface area contributed by atoms with Gasteiger partial charge < -0.3 is 4.90 Å². The van der Waals surface area contributed by atoms with Crippen molar-refractivity contribution < 1.29 is 13.2 Å². The second kappa shape index (κ2) is 6.69. The number of carbonyl (C=O) groups excluding carboxylic acids is 1. The number of fused-ring (bicyclic) bond motifs is 1. The zero-order chi connectivity index (χ0) is 18.2. The van der Waals surface area contributed by atoms with E-state index < -0.39 is 10.0 Å². The van der Waals surface area contributed by atoms with Crippen LogP contribution in [0.3, 0.4) is 0 Å². The van der Waals surface area contributed by atoms with Gasteiger partial charge in [0, 0.05) is 30.7 Å². The van der Waals surface area contributed by atoms with Crippen LogP contribution < -0.4 is 4.31 Å². The number of carbonyl (C=O) groups is 1. The normalized spacial score (nSPS) is 13.6. The maximum atomic E-state index is 12.7. The van der Waals surface area contributed by atoms with Crippen LogP contribution in [0.1, 0.15) is 21.5 Å². The number of benzene rings is 2. The Morgan fingerprint density at radius 1 is 1.24 bits per heavy atom. The molecule has 1 heterocycles. The van der Waals surface area contributed by atoms with Gasteiger partial charge in [0.1, 0.15) is 0 Å². The molecular weight excluding hydrogens is 360 g/mol. The van der Waals surface area contributed by atoms with Gasteiger partial charge in [-0.25, -0.2) is 8.42 Å². The van der Waals surface area contributed by atoms with Crippen LogP contribution in [0.15, 0.2) is 42.5 Å². The zero-order valence-electron chi connectivity index (χ0n) is 14.1. The van der Waals surface area contributed by atoms with Gasteiger partial charge in [-0.2, -0.15) is 0 Å². The lowest BCUT2D eigenvalue weighted by Gasteiger charge is -2.19. The largest absolute Gasteiger partial charge is 0.337 e. The first-order valence-electron chi connectivity index (χ1n) is 7.87. The molecule has 0 radical (unpaired) electrons. The Morgan fingerprint density at radius 3 is 2.64 bits per heavy atom. The van der Waals surface area contributed by atoms with Crippen LogP contribution in [0.4, 0.5) is 5.69 Å². The Bertz CT molecular complexity index is 928. The van der Waals surface area contributed by atoms with Gasteiger partial charge in [-0.1, -0.05) is 29.8 Å². The molecule has 0 N–H and O–H groups in total. The molecule has 0 spiro atoms. The number of amides is 1. The average Bonchev–Trinajstić information content (AvgIpc) is 2.99. The summed E-state index contributed by atoms with van der Waals surface area (Å²) < 4.78 is 25.0. The van der Waals surface area contributed by atoms with E-state index in [0.717, 1.165) is 11.1 Å². The third-order valence-corrected chi connectivity index (χ3v) is 5.84. The van der Waals surface area contributed by atoms with E-state index in [9.17, 15) is 13.2 Å². The summed E-state index contributed by atoms with van der Waals surface area (Å²) in [4.78, 5) is 14.3. The number of halogens is 1. The summed E-state index contributed by atoms with van der Waals surface area (Å²) in [5.41, 5.74) is 2.96. The molecule has 2 aromatic carbocycles. The fourth-order valence-electron chi connectivity index (χ4n) is 3.02. The molecule has 1 aliphatic rings. The third-order valence-electron chi connectivity index (χ3n) is 4.29. The summed E-state index contributed by atoms with van der Waals surface area (Å²) in [7, 11) is -1.56. The molecule has 1 amide bonds. The second-order valence-corrected chi connectivity index (χ2v) is 8.50. The highest BCUT2D eigenvalue weighted by Crippen LogP contribution is 2.31. The summed E-state index contributed by atoms with van der Waals surface area (Å²) in [5, 5.41) is 0.625. The first-order valence-corrected chi connectivity index (χ1v) is 10.1. The van der Waals surface area contributed by atoms with Gasteiger partial charge >= 0.3 is 0 Å². The van der Waals surface area contributed by atoms with Crippen LogP contribution in [-0.2, 0) is 23.0 Å². The van der Waals surface area contributed by atoms with E-state index >= 15 is 0 Å². The molecule has 1 aliphatic heterocycles. The first kappa shape index (κ1) is 17.8. The van der Waals surface area contributed by atoms with Gasteiger partial charge in [0.25, 0.3) is 5.91 Å². The lowest BCUT2D eigenvalue weighted by molar-refractivity contribution is 0.0785. The van der Waals surface area contributed by atoms with Crippen molar-refractivity contribution in [3.05, 3.63) is 64.2 Å². The summed E-state index contributed by atoms with van der Waals surface area (Å²) in [5.74, 6) is -0.125. The van der Waals surface area contributed by atoms with Gasteiger partial charge in [0.2, 0.25) is 10.0 Å². The topological polar surface area (TPSA) is 57.7 Å². The standard InChI is InChI=1S/C18H19ClN2O3S/c1-20(12-15-5-3-4-6-16(15)19)18(22)14-7-8-17-13(11-14)9-10-21(17)25(2,23)24/h3-8,11H,9-10,12H2,1-2H3. The molecule has 0 unspecified atom stereocenters. The van der Waals surface area contributed by atoms with E-state index in [1.54, 1.807) is 36.2 Å². The maximum absolute atomic E-state index is 12.7. The monoisotopic (exact) mass is 378 g/mol. The van der Waals surface area contributed by atoms with Crippen molar-refractivity contribution in [3.8, 4) is 0 Å². The highest BCUT2D eigenvalue weighted by molar-refractivity contribution is 7.92. The van der Waals surface area contributed by atoms with Crippen LogP contribution in [0.2, 0.25) is 5.02 Å². The van der Waals surface area contributed by atoms with Gasteiger partial charge in [0.05, 0.1) is 11.9 Å². The predicted octanol–water partition coefficient (Wildman–Crippen LogP) is 2.93. The van der Waals surface area contributed by atoms with Crippen LogP contribution in [0.25, 0.3) is 0 Å². The minimum absolute atomic E-state index is 0.125. The molecule has 2 aromatic rings. The molecule has 3 rings (SSSR count). The molecule has 0 saturated heterocycles. The molecular formula is C18H19ClN2O3S. The summed E-state index contributed by atoms with van der Waals surface area (Å²) in [6.45, 7) is 0.826. The lowest BCUT2D eigenvalue weighted by Crippen LogP contribution is -2.28. The number of rotatable bonds is 4. The highest BCUT2D eigenvalue weighted by atomic mass is 35.5. The fraction of sp³-hybridized carbons (Fsp3) is 0.278. The molecule has 0 aromatic heterocycles. The first-order chi connectivity index (χ1) is 11.8. The smallest absolute Gasteiger partial charge is 0.253 e. The van der Waals surface area contributed by atoms with Crippen molar-refractivity contribution in [3.63, 3.8) is 0 Å². The Kier molecular flexibility index (Phi) is 4.75. The van der Waals surface area contributed by atoms with Crippen molar-refractivity contribution in [1.29, 1.82) is 0 Å². The molecule has 7 heteroatoms. The van der Waals surface area contributed by atoms with Crippen LogP contribution in [0.5, 0.6) is 0 Å². The van der Waals surface area contributed by atoms with E-state index in [2.05, 4.69) is 0 Å². The summed E-state index contributed by atoms with van der Waals surface area (Å²) in [6, 6.07) is 12.6. The minimum atomic E-state index is -3.29. The minimum Gasteiger partial charge on any atom is -0.337 e. The van der Waals surface area contributed by atoms with E-state index in [0.29, 0.717) is 35.8 Å². The van der Waals surface area contributed by atoms with Crippen molar-refractivity contribution in [2.75, 3.05) is 24.2 Å². The Morgan fingerprint density at radius 2 is 1.96 bits per heavy atom.